The van der Waals surface area contributed by atoms with E-state index in [1.54, 1.807) is 0 Å². The van der Waals surface area contributed by atoms with Crippen molar-refractivity contribution in [3.8, 4) is 0 Å². The third-order valence-corrected chi connectivity index (χ3v) is 4.17. The fourth-order valence-corrected chi connectivity index (χ4v) is 3.21. The minimum absolute atomic E-state index is 0.0194. The molecular formula is C16H32N2O2. The smallest absolute Gasteiger partial charge is 0.224 e. The first-order valence-electron chi connectivity index (χ1n) is 7.85. The van der Waals surface area contributed by atoms with E-state index >= 15 is 0 Å². The number of aliphatic hydroxyl groups is 1. The predicted molar refractivity (Wildman–Crippen MR) is 82.2 cm³/mol. The van der Waals surface area contributed by atoms with E-state index in [1.807, 2.05) is 0 Å². The standard InChI is InChI=1S/C16H32N2O2/c1-12-6-5-7-16(20,8-12)11-18-14(19)13(10-17)9-15(2,3)4/h12-13,20H,5-11,17H2,1-4H3,(H,18,19). The molecule has 118 valence electrons. The van der Waals surface area contributed by atoms with E-state index in [2.05, 4.69) is 33.0 Å². The van der Waals surface area contributed by atoms with Crippen LogP contribution in [0, 0.1) is 17.3 Å². The van der Waals surface area contributed by atoms with Crippen LogP contribution < -0.4 is 11.1 Å². The summed E-state index contributed by atoms with van der Waals surface area (Å²) in [7, 11) is 0. The highest BCUT2D eigenvalue weighted by Crippen LogP contribution is 2.31. The van der Waals surface area contributed by atoms with Crippen LogP contribution in [0.15, 0.2) is 0 Å². The van der Waals surface area contributed by atoms with Gasteiger partial charge in [-0.1, -0.05) is 40.5 Å². The zero-order valence-corrected chi connectivity index (χ0v) is 13.5. The third-order valence-electron chi connectivity index (χ3n) is 4.17. The van der Waals surface area contributed by atoms with Crippen molar-refractivity contribution in [3.05, 3.63) is 0 Å². The average Bonchev–Trinajstić information content (AvgIpc) is 2.32. The first-order valence-corrected chi connectivity index (χ1v) is 7.85. The van der Waals surface area contributed by atoms with Gasteiger partial charge in [-0.2, -0.15) is 0 Å². The molecule has 1 rings (SSSR count). The maximum Gasteiger partial charge on any atom is 0.224 e. The highest BCUT2D eigenvalue weighted by molar-refractivity contribution is 5.79. The second-order valence-electron chi connectivity index (χ2n) is 7.84. The fourth-order valence-electron chi connectivity index (χ4n) is 3.21. The van der Waals surface area contributed by atoms with Gasteiger partial charge in [0.25, 0.3) is 0 Å². The van der Waals surface area contributed by atoms with Gasteiger partial charge in [-0.05, 0) is 30.6 Å². The molecule has 0 bridgehead atoms. The predicted octanol–water partition coefficient (Wildman–Crippen LogP) is 2.05. The number of carbonyl (C=O) groups excluding carboxylic acids is 1. The van der Waals surface area contributed by atoms with Gasteiger partial charge in [0.2, 0.25) is 5.91 Å². The molecule has 20 heavy (non-hydrogen) atoms. The molecule has 0 aromatic rings. The summed E-state index contributed by atoms with van der Waals surface area (Å²) in [6, 6.07) is 0. The molecule has 0 radical (unpaired) electrons. The monoisotopic (exact) mass is 284 g/mol. The minimum atomic E-state index is -0.728. The molecule has 1 amide bonds. The van der Waals surface area contributed by atoms with Gasteiger partial charge in [-0.25, -0.2) is 0 Å². The third kappa shape index (κ3) is 5.80. The molecule has 3 unspecified atom stereocenters. The van der Waals surface area contributed by atoms with Crippen molar-refractivity contribution in [3.63, 3.8) is 0 Å². The normalized spacial score (nSPS) is 29.0. The Morgan fingerprint density at radius 3 is 2.65 bits per heavy atom. The van der Waals surface area contributed by atoms with Crippen molar-refractivity contribution < 1.29 is 9.90 Å². The molecule has 0 aromatic carbocycles. The highest BCUT2D eigenvalue weighted by atomic mass is 16.3. The summed E-state index contributed by atoms with van der Waals surface area (Å²) in [6.07, 6.45) is 4.54. The number of hydrogen-bond donors (Lipinski definition) is 3. The lowest BCUT2D eigenvalue weighted by Crippen LogP contribution is -2.48. The largest absolute Gasteiger partial charge is 0.388 e. The van der Waals surface area contributed by atoms with Crippen LogP contribution in [0.2, 0.25) is 0 Å². The minimum Gasteiger partial charge on any atom is -0.388 e. The van der Waals surface area contributed by atoms with Crippen LogP contribution >= 0.6 is 0 Å². The molecule has 4 N–H and O–H groups in total. The molecule has 1 saturated carbocycles. The van der Waals surface area contributed by atoms with Gasteiger partial charge in [0, 0.05) is 13.1 Å². The molecule has 0 spiro atoms. The van der Waals surface area contributed by atoms with E-state index in [-0.39, 0.29) is 17.2 Å². The Labute approximate surface area is 123 Å². The summed E-state index contributed by atoms with van der Waals surface area (Å²) in [6.45, 7) is 9.21. The SMILES string of the molecule is CC1CCCC(O)(CNC(=O)C(CN)CC(C)(C)C)C1. The van der Waals surface area contributed by atoms with Gasteiger partial charge in [-0.3, -0.25) is 4.79 Å². The second kappa shape index (κ2) is 6.90. The first-order chi connectivity index (χ1) is 9.15. The summed E-state index contributed by atoms with van der Waals surface area (Å²) in [5, 5.41) is 13.4. The van der Waals surface area contributed by atoms with E-state index in [1.165, 1.54) is 6.42 Å². The lowest BCUT2D eigenvalue weighted by Gasteiger charge is -2.36. The van der Waals surface area contributed by atoms with Crippen molar-refractivity contribution in [2.75, 3.05) is 13.1 Å². The molecule has 3 atom stereocenters. The van der Waals surface area contributed by atoms with Crippen molar-refractivity contribution in [2.24, 2.45) is 23.0 Å². The first kappa shape index (κ1) is 17.4. The molecule has 1 aliphatic rings. The Morgan fingerprint density at radius 2 is 2.15 bits per heavy atom. The van der Waals surface area contributed by atoms with E-state index in [0.29, 0.717) is 19.0 Å². The number of nitrogens with one attached hydrogen (secondary N) is 1. The number of amides is 1. The van der Waals surface area contributed by atoms with Crippen LogP contribution in [0.1, 0.15) is 59.8 Å². The van der Waals surface area contributed by atoms with E-state index in [0.717, 1.165) is 25.7 Å². The van der Waals surface area contributed by atoms with Gasteiger partial charge >= 0.3 is 0 Å². The summed E-state index contributed by atoms with van der Waals surface area (Å²) in [5.74, 6) is 0.347. The highest BCUT2D eigenvalue weighted by Gasteiger charge is 2.33. The zero-order valence-electron chi connectivity index (χ0n) is 13.5. The lowest BCUT2D eigenvalue weighted by molar-refractivity contribution is -0.127. The second-order valence-corrected chi connectivity index (χ2v) is 7.84. The van der Waals surface area contributed by atoms with Gasteiger partial charge < -0.3 is 16.2 Å². The topological polar surface area (TPSA) is 75.3 Å². The van der Waals surface area contributed by atoms with Crippen molar-refractivity contribution >= 4 is 5.91 Å². The Hall–Kier alpha value is -0.610. The Bertz CT molecular complexity index is 325. The molecule has 0 saturated heterocycles. The maximum absolute atomic E-state index is 12.2. The number of carbonyl (C=O) groups is 1. The molecular weight excluding hydrogens is 252 g/mol. The van der Waals surface area contributed by atoms with Crippen LogP contribution in [-0.4, -0.2) is 29.7 Å². The molecule has 4 heteroatoms. The van der Waals surface area contributed by atoms with Crippen LogP contribution in [0.25, 0.3) is 0 Å². The molecule has 0 aliphatic heterocycles. The Kier molecular flexibility index (Phi) is 6.02. The number of hydrogen-bond acceptors (Lipinski definition) is 3. The van der Waals surface area contributed by atoms with E-state index in [4.69, 9.17) is 5.73 Å². The van der Waals surface area contributed by atoms with Crippen LogP contribution in [-0.2, 0) is 4.79 Å². The Morgan fingerprint density at radius 1 is 1.50 bits per heavy atom. The molecule has 4 nitrogen and oxygen atoms in total. The van der Waals surface area contributed by atoms with Crippen LogP contribution in [0.3, 0.4) is 0 Å². The van der Waals surface area contributed by atoms with E-state index in [9.17, 15) is 9.90 Å². The average molecular weight is 284 g/mol. The fraction of sp³-hybridized carbons (Fsp3) is 0.938. The molecule has 1 aliphatic carbocycles. The van der Waals surface area contributed by atoms with Crippen LogP contribution in [0.5, 0.6) is 0 Å². The maximum atomic E-state index is 12.2. The number of rotatable bonds is 5. The van der Waals surface area contributed by atoms with Gasteiger partial charge in [0.15, 0.2) is 0 Å². The zero-order chi connectivity index (χ0) is 15.4. The summed E-state index contributed by atoms with van der Waals surface area (Å²) in [5.41, 5.74) is 5.07. The van der Waals surface area contributed by atoms with Crippen molar-refractivity contribution in [2.45, 2.75) is 65.4 Å². The summed E-state index contributed by atoms with van der Waals surface area (Å²) >= 11 is 0. The van der Waals surface area contributed by atoms with Crippen molar-refractivity contribution in [1.29, 1.82) is 0 Å². The van der Waals surface area contributed by atoms with Gasteiger partial charge in [0.1, 0.15) is 0 Å². The van der Waals surface area contributed by atoms with Crippen molar-refractivity contribution in [1.82, 2.24) is 5.32 Å². The number of nitrogens with two attached hydrogens (primary N) is 1. The molecule has 0 aromatic heterocycles. The van der Waals surface area contributed by atoms with E-state index < -0.39 is 5.60 Å². The van der Waals surface area contributed by atoms with Gasteiger partial charge in [0.05, 0.1) is 11.5 Å². The summed E-state index contributed by atoms with van der Waals surface area (Å²) in [4.78, 5) is 12.2. The van der Waals surface area contributed by atoms with Crippen LogP contribution in [0.4, 0.5) is 0 Å². The molecule has 0 heterocycles. The lowest BCUT2D eigenvalue weighted by atomic mass is 9.78. The van der Waals surface area contributed by atoms with Gasteiger partial charge in [-0.15, -0.1) is 0 Å². The molecule has 1 fully saturated rings. The Balaban J connectivity index is 2.48. The summed E-state index contributed by atoms with van der Waals surface area (Å²) < 4.78 is 0. The quantitative estimate of drug-likeness (QED) is 0.723.